The van der Waals surface area contributed by atoms with Gasteiger partial charge in [-0.3, -0.25) is 10.1 Å². The van der Waals surface area contributed by atoms with Crippen LogP contribution in [-0.4, -0.2) is 35.8 Å². The third-order valence-electron chi connectivity index (χ3n) is 5.63. The number of piperidine rings is 1. The van der Waals surface area contributed by atoms with Crippen LogP contribution >= 0.6 is 0 Å². The van der Waals surface area contributed by atoms with Crippen molar-refractivity contribution in [2.24, 2.45) is 17.8 Å². The minimum atomic E-state index is -0.660. The second-order valence-corrected chi connectivity index (χ2v) is 8.28. The molecular formula is C20H32N2O4. The maximum atomic E-state index is 11.0. The highest BCUT2D eigenvalue weighted by Gasteiger charge is 2.33. The van der Waals surface area contributed by atoms with Gasteiger partial charge in [0.15, 0.2) is 0 Å². The van der Waals surface area contributed by atoms with Gasteiger partial charge >= 0.3 is 0 Å². The molecule has 1 saturated heterocycles. The van der Waals surface area contributed by atoms with E-state index in [-0.39, 0.29) is 11.6 Å². The van der Waals surface area contributed by atoms with Gasteiger partial charge < -0.3 is 14.7 Å². The summed E-state index contributed by atoms with van der Waals surface area (Å²) in [4.78, 5) is 12.8. The molecule has 1 heterocycles. The van der Waals surface area contributed by atoms with Gasteiger partial charge in [-0.2, -0.15) is 0 Å². The van der Waals surface area contributed by atoms with E-state index in [4.69, 9.17) is 4.74 Å². The van der Waals surface area contributed by atoms with Crippen molar-refractivity contribution >= 4 is 11.4 Å². The van der Waals surface area contributed by atoms with Gasteiger partial charge in [0.25, 0.3) is 5.69 Å². The van der Waals surface area contributed by atoms with E-state index < -0.39 is 10.5 Å². The Bertz CT molecular complexity index is 617. The molecule has 1 aromatic rings. The van der Waals surface area contributed by atoms with Crippen LogP contribution in [0.4, 0.5) is 11.4 Å². The molecular weight excluding hydrogens is 332 g/mol. The van der Waals surface area contributed by atoms with Gasteiger partial charge in [-0.15, -0.1) is 0 Å². The predicted octanol–water partition coefficient (Wildman–Crippen LogP) is 4.25. The Kier molecular flexibility index (Phi) is 6.50. The Morgan fingerprint density at radius 2 is 1.96 bits per heavy atom. The smallest absolute Gasteiger partial charge is 0.273 e. The Morgan fingerprint density at radius 1 is 1.35 bits per heavy atom. The van der Waals surface area contributed by atoms with Crippen molar-refractivity contribution in [2.75, 3.05) is 25.1 Å². The second-order valence-electron chi connectivity index (χ2n) is 8.28. The van der Waals surface area contributed by atoms with Crippen LogP contribution in [0.25, 0.3) is 0 Å². The van der Waals surface area contributed by atoms with E-state index in [0.29, 0.717) is 17.6 Å². The second kappa shape index (κ2) is 8.25. The molecule has 1 aromatic carbocycles. The number of methoxy groups -OCH3 is 1. The van der Waals surface area contributed by atoms with E-state index in [2.05, 4.69) is 18.7 Å². The molecule has 0 spiro atoms. The van der Waals surface area contributed by atoms with Crippen molar-refractivity contribution in [1.82, 2.24) is 0 Å². The maximum Gasteiger partial charge on any atom is 0.273 e. The van der Waals surface area contributed by atoms with Crippen molar-refractivity contribution in [3.63, 3.8) is 0 Å². The van der Waals surface area contributed by atoms with E-state index in [9.17, 15) is 15.2 Å². The summed E-state index contributed by atoms with van der Waals surface area (Å²) in [7, 11) is 1.55. The summed E-state index contributed by atoms with van der Waals surface area (Å²) in [5, 5.41) is 21.4. The number of hydrogen-bond acceptors (Lipinski definition) is 5. The predicted molar refractivity (Wildman–Crippen MR) is 104 cm³/mol. The minimum absolute atomic E-state index is 0.0467. The van der Waals surface area contributed by atoms with Crippen molar-refractivity contribution in [3.8, 4) is 5.75 Å². The van der Waals surface area contributed by atoms with Crippen LogP contribution in [0.5, 0.6) is 5.75 Å². The standard InChI is InChI=1S/C20H32N2O4/c1-14(2)17(20(3,4)23)12-15-8-10-21(11-9-15)18-7-6-16(22(24)25)13-19(18)26-5/h6-7,13-15,17,23H,8-12H2,1-5H3/t17-/m0/s1. The number of non-ortho nitro benzene ring substituents is 1. The Hall–Kier alpha value is -1.82. The number of aliphatic hydroxyl groups is 1. The van der Waals surface area contributed by atoms with Crippen molar-refractivity contribution in [2.45, 2.75) is 52.6 Å². The number of nitrogens with zero attached hydrogens (tertiary/aromatic N) is 2. The zero-order valence-electron chi connectivity index (χ0n) is 16.6. The first-order chi connectivity index (χ1) is 12.1. The normalized spacial score (nSPS) is 17.4. The van der Waals surface area contributed by atoms with Crippen molar-refractivity contribution < 1.29 is 14.8 Å². The molecule has 1 aliphatic rings. The number of benzene rings is 1. The lowest BCUT2D eigenvalue weighted by Gasteiger charge is -2.39. The lowest BCUT2D eigenvalue weighted by molar-refractivity contribution is -0.384. The molecule has 1 aliphatic heterocycles. The van der Waals surface area contributed by atoms with Crippen LogP contribution in [-0.2, 0) is 0 Å². The zero-order valence-corrected chi connectivity index (χ0v) is 16.6. The largest absolute Gasteiger partial charge is 0.494 e. The molecule has 26 heavy (non-hydrogen) atoms. The van der Waals surface area contributed by atoms with Crippen LogP contribution in [0.3, 0.4) is 0 Å². The van der Waals surface area contributed by atoms with Crippen LogP contribution in [0.15, 0.2) is 18.2 Å². The molecule has 1 N–H and O–H groups in total. The molecule has 0 amide bonds. The molecule has 1 fully saturated rings. The topological polar surface area (TPSA) is 75.8 Å². The van der Waals surface area contributed by atoms with E-state index >= 15 is 0 Å². The molecule has 0 bridgehead atoms. The Morgan fingerprint density at radius 3 is 2.42 bits per heavy atom. The quantitative estimate of drug-likeness (QED) is 0.578. The molecule has 0 unspecified atom stereocenters. The minimum Gasteiger partial charge on any atom is -0.494 e. The summed E-state index contributed by atoms with van der Waals surface area (Å²) in [6.07, 6.45) is 3.14. The molecule has 146 valence electrons. The lowest BCUT2D eigenvalue weighted by Crippen LogP contribution is -2.39. The molecule has 0 aromatic heterocycles. The molecule has 1 atom stereocenters. The van der Waals surface area contributed by atoms with Gasteiger partial charge in [0, 0.05) is 19.2 Å². The highest BCUT2D eigenvalue weighted by atomic mass is 16.6. The van der Waals surface area contributed by atoms with Crippen LogP contribution in [0.2, 0.25) is 0 Å². The summed E-state index contributed by atoms with van der Waals surface area (Å²) >= 11 is 0. The van der Waals surface area contributed by atoms with E-state index in [1.165, 1.54) is 12.1 Å². The third kappa shape index (κ3) is 4.87. The van der Waals surface area contributed by atoms with Crippen molar-refractivity contribution in [3.05, 3.63) is 28.3 Å². The Balaban J connectivity index is 2.03. The summed E-state index contributed by atoms with van der Waals surface area (Å²) in [6.45, 7) is 9.98. The SMILES string of the molecule is COc1cc([N+](=O)[O-])ccc1N1CCC(C[C@@H](C(C)C)C(C)(C)O)CC1. The lowest BCUT2D eigenvalue weighted by atomic mass is 9.74. The fraction of sp³-hybridized carbons (Fsp3) is 0.700. The fourth-order valence-corrected chi connectivity index (χ4v) is 4.19. The van der Waals surface area contributed by atoms with E-state index in [1.807, 2.05) is 13.8 Å². The zero-order chi connectivity index (χ0) is 19.5. The molecule has 6 nitrogen and oxygen atoms in total. The fourth-order valence-electron chi connectivity index (χ4n) is 4.19. The summed E-state index contributed by atoms with van der Waals surface area (Å²) in [6, 6.07) is 4.81. The highest BCUT2D eigenvalue weighted by Crippen LogP contribution is 2.38. The van der Waals surface area contributed by atoms with Gasteiger partial charge in [0.1, 0.15) is 5.75 Å². The van der Waals surface area contributed by atoms with Crippen LogP contribution < -0.4 is 9.64 Å². The molecule has 0 aliphatic carbocycles. The molecule has 6 heteroatoms. The maximum absolute atomic E-state index is 11.0. The average Bonchev–Trinajstić information content (AvgIpc) is 2.58. The Labute approximate surface area is 156 Å². The molecule has 0 saturated carbocycles. The van der Waals surface area contributed by atoms with Gasteiger partial charge in [0.05, 0.1) is 29.4 Å². The first-order valence-corrected chi connectivity index (χ1v) is 9.43. The number of anilines is 1. The summed E-state index contributed by atoms with van der Waals surface area (Å²) in [5.41, 5.74) is 0.303. The summed E-state index contributed by atoms with van der Waals surface area (Å²) < 4.78 is 5.38. The van der Waals surface area contributed by atoms with Crippen LogP contribution in [0.1, 0.15) is 47.0 Å². The third-order valence-corrected chi connectivity index (χ3v) is 5.63. The van der Waals surface area contributed by atoms with Gasteiger partial charge in [-0.25, -0.2) is 0 Å². The average molecular weight is 364 g/mol. The number of rotatable bonds is 7. The van der Waals surface area contributed by atoms with Gasteiger partial charge in [-0.05, 0) is 56.9 Å². The van der Waals surface area contributed by atoms with Crippen molar-refractivity contribution in [1.29, 1.82) is 0 Å². The molecule has 0 radical (unpaired) electrons. The first kappa shape index (κ1) is 20.5. The number of ether oxygens (including phenoxy) is 1. The first-order valence-electron chi connectivity index (χ1n) is 9.43. The number of hydrogen-bond donors (Lipinski definition) is 1. The van der Waals surface area contributed by atoms with E-state index in [0.717, 1.165) is 38.0 Å². The van der Waals surface area contributed by atoms with Gasteiger partial charge in [-0.1, -0.05) is 13.8 Å². The monoisotopic (exact) mass is 364 g/mol. The van der Waals surface area contributed by atoms with Gasteiger partial charge in [0.2, 0.25) is 0 Å². The van der Waals surface area contributed by atoms with E-state index in [1.54, 1.807) is 13.2 Å². The highest BCUT2D eigenvalue weighted by molar-refractivity contribution is 5.62. The number of nitro groups is 1. The molecule has 2 rings (SSSR count). The summed E-state index contributed by atoms with van der Waals surface area (Å²) in [5.74, 6) is 1.87. The number of nitro benzene ring substituents is 1. The van der Waals surface area contributed by atoms with Crippen LogP contribution in [0, 0.1) is 27.9 Å².